The molecule has 0 heterocycles. The molecule has 0 aromatic heterocycles. The van der Waals surface area contributed by atoms with Crippen LogP contribution >= 0.6 is 38.5 Å². The number of hydrogen-bond donors (Lipinski definition) is 1. The predicted molar refractivity (Wildman–Crippen MR) is 91.1 cm³/mol. The number of hydrazone groups is 1. The molecule has 0 aliphatic carbocycles. The van der Waals surface area contributed by atoms with Crippen LogP contribution < -0.4 is 10.2 Å². The summed E-state index contributed by atoms with van der Waals surface area (Å²) in [5.41, 5.74) is 4.93. The van der Waals surface area contributed by atoms with Crippen molar-refractivity contribution in [2.75, 3.05) is 12.5 Å². The molecule has 2 aromatic rings. The molecule has 0 amide bonds. The van der Waals surface area contributed by atoms with Crippen LogP contribution in [0.3, 0.4) is 0 Å². The Morgan fingerprint density at radius 2 is 2.00 bits per heavy atom. The lowest BCUT2D eigenvalue weighted by molar-refractivity contribution is 0.411. The molecular weight excluding hydrogens is 419 g/mol. The first-order valence-corrected chi connectivity index (χ1v) is 7.45. The Morgan fingerprint density at radius 3 is 2.68 bits per heavy atom. The van der Waals surface area contributed by atoms with Crippen molar-refractivity contribution in [3.63, 3.8) is 0 Å². The molecule has 0 saturated heterocycles. The van der Waals surface area contributed by atoms with Crippen molar-refractivity contribution in [2.45, 2.75) is 0 Å². The summed E-state index contributed by atoms with van der Waals surface area (Å²) in [4.78, 5) is 0. The number of anilines is 1. The van der Waals surface area contributed by atoms with E-state index in [1.54, 1.807) is 13.3 Å². The summed E-state index contributed by atoms with van der Waals surface area (Å²) in [6.45, 7) is 0. The van der Waals surface area contributed by atoms with Gasteiger partial charge >= 0.3 is 0 Å². The Morgan fingerprint density at radius 1 is 1.26 bits per heavy atom. The first-order chi connectivity index (χ1) is 9.20. The van der Waals surface area contributed by atoms with E-state index in [0.717, 1.165) is 25.0 Å². The molecule has 0 radical (unpaired) electrons. The molecule has 0 spiro atoms. The van der Waals surface area contributed by atoms with Gasteiger partial charge in [-0.05, 0) is 62.8 Å². The van der Waals surface area contributed by atoms with Gasteiger partial charge in [-0.2, -0.15) is 5.10 Å². The minimum atomic E-state index is 0.848. The van der Waals surface area contributed by atoms with Crippen molar-refractivity contribution in [3.8, 4) is 5.75 Å². The molecule has 0 fully saturated rings. The van der Waals surface area contributed by atoms with E-state index in [4.69, 9.17) is 4.74 Å². The van der Waals surface area contributed by atoms with Crippen molar-refractivity contribution in [2.24, 2.45) is 5.10 Å². The summed E-state index contributed by atoms with van der Waals surface area (Å²) in [6, 6.07) is 13.8. The zero-order valence-electron chi connectivity index (χ0n) is 10.2. The van der Waals surface area contributed by atoms with Gasteiger partial charge in [0.25, 0.3) is 0 Å². The number of nitrogens with one attached hydrogen (secondary N) is 1. The van der Waals surface area contributed by atoms with E-state index in [1.165, 1.54) is 0 Å². The number of ether oxygens (including phenoxy) is 1. The average molecular weight is 431 g/mol. The highest BCUT2D eigenvalue weighted by atomic mass is 127. The van der Waals surface area contributed by atoms with E-state index in [0.29, 0.717) is 0 Å². The van der Waals surface area contributed by atoms with Crippen molar-refractivity contribution < 1.29 is 4.74 Å². The first-order valence-electron chi connectivity index (χ1n) is 5.58. The normalized spacial score (nSPS) is 10.7. The highest BCUT2D eigenvalue weighted by Crippen LogP contribution is 2.27. The molecular formula is C14H12BrIN2O. The zero-order chi connectivity index (χ0) is 13.7. The van der Waals surface area contributed by atoms with E-state index in [-0.39, 0.29) is 0 Å². The largest absolute Gasteiger partial charge is 0.496 e. The van der Waals surface area contributed by atoms with Gasteiger partial charge in [-0.3, -0.25) is 5.43 Å². The molecule has 0 unspecified atom stereocenters. The second kappa shape index (κ2) is 6.91. The maximum absolute atomic E-state index is 5.26. The Bertz CT molecular complexity index is 587. The smallest absolute Gasteiger partial charge is 0.133 e. The quantitative estimate of drug-likeness (QED) is 0.440. The maximum atomic E-state index is 5.26. The van der Waals surface area contributed by atoms with Crippen LogP contribution in [-0.2, 0) is 0 Å². The Hall–Kier alpha value is -1.08. The van der Waals surface area contributed by atoms with Gasteiger partial charge in [0, 0.05) is 10.0 Å². The van der Waals surface area contributed by atoms with Crippen LogP contribution in [0.15, 0.2) is 52.0 Å². The molecule has 0 aliphatic rings. The van der Waals surface area contributed by atoms with Crippen molar-refractivity contribution in [1.82, 2.24) is 0 Å². The average Bonchev–Trinajstić information content (AvgIpc) is 2.43. The molecule has 0 atom stereocenters. The van der Waals surface area contributed by atoms with Crippen molar-refractivity contribution >= 4 is 50.4 Å². The van der Waals surface area contributed by atoms with E-state index in [2.05, 4.69) is 49.0 Å². The predicted octanol–water partition coefficient (Wildman–Crippen LogP) is 4.51. The molecule has 2 rings (SSSR count). The van der Waals surface area contributed by atoms with E-state index < -0.39 is 0 Å². The number of para-hydroxylation sites is 1. The number of benzene rings is 2. The fraction of sp³-hybridized carbons (Fsp3) is 0.0714. The fourth-order valence-electron chi connectivity index (χ4n) is 1.49. The third-order valence-corrected chi connectivity index (χ3v) is 3.97. The van der Waals surface area contributed by atoms with Crippen LogP contribution in [-0.4, -0.2) is 13.3 Å². The molecule has 19 heavy (non-hydrogen) atoms. The van der Waals surface area contributed by atoms with Crippen LogP contribution in [0.1, 0.15) is 5.56 Å². The van der Waals surface area contributed by atoms with Gasteiger partial charge in [-0.25, -0.2) is 0 Å². The van der Waals surface area contributed by atoms with Crippen LogP contribution in [0.25, 0.3) is 0 Å². The Labute approximate surface area is 134 Å². The minimum Gasteiger partial charge on any atom is -0.496 e. The molecule has 2 aromatic carbocycles. The topological polar surface area (TPSA) is 33.6 Å². The van der Waals surface area contributed by atoms with E-state index in [1.807, 2.05) is 42.5 Å². The molecule has 98 valence electrons. The summed E-state index contributed by atoms with van der Waals surface area (Å²) in [6.07, 6.45) is 1.78. The standard InChI is InChI=1S/C14H12BrIN2O/c1-19-14-8-12(15)10(7-13(14)16)9-17-18-11-5-3-2-4-6-11/h2-9,18H,1H3. The van der Waals surface area contributed by atoms with Crippen LogP contribution in [0, 0.1) is 3.57 Å². The van der Waals surface area contributed by atoms with Crippen LogP contribution in [0.5, 0.6) is 5.75 Å². The number of hydrogen-bond acceptors (Lipinski definition) is 3. The van der Waals surface area contributed by atoms with Crippen LogP contribution in [0.2, 0.25) is 0 Å². The first kappa shape index (κ1) is 14.3. The van der Waals surface area contributed by atoms with Crippen molar-refractivity contribution in [1.29, 1.82) is 0 Å². The summed E-state index contributed by atoms with van der Waals surface area (Å²) >= 11 is 5.74. The maximum Gasteiger partial charge on any atom is 0.133 e. The summed E-state index contributed by atoms with van der Waals surface area (Å²) in [5.74, 6) is 0.848. The second-order valence-corrected chi connectivity index (χ2v) is 5.76. The molecule has 0 aliphatic heterocycles. The molecule has 5 heteroatoms. The number of rotatable bonds is 4. The molecule has 0 bridgehead atoms. The SMILES string of the molecule is COc1cc(Br)c(C=NNc2ccccc2)cc1I. The van der Waals surface area contributed by atoms with Gasteiger partial charge in [-0.1, -0.05) is 18.2 Å². The van der Waals surface area contributed by atoms with Gasteiger partial charge in [0.15, 0.2) is 0 Å². The molecule has 0 saturated carbocycles. The second-order valence-electron chi connectivity index (χ2n) is 3.74. The fourth-order valence-corrected chi connectivity index (χ4v) is 2.62. The highest BCUT2D eigenvalue weighted by molar-refractivity contribution is 14.1. The third-order valence-electron chi connectivity index (χ3n) is 2.44. The lowest BCUT2D eigenvalue weighted by Crippen LogP contribution is -1.94. The van der Waals surface area contributed by atoms with Gasteiger partial charge in [0.2, 0.25) is 0 Å². The van der Waals surface area contributed by atoms with Gasteiger partial charge in [0.1, 0.15) is 5.75 Å². The number of halogens is 2. The monoisotopic (exact) mass is 430 g/mol. The molecule has 1 N–H and O–H groups in total. The summed E-state index contributed by atoms with van der Waals surface area (Å²) in [7, 11) is 1.66. The summed E-state index contributed by atoms with van der Waals surface area (Å²) in [5, 5.41) is 4.22. The lowest BCUT2D eigenvalue weighted by atomic mass is 10.2. The summed E-state index contributed by atoms with van der Waals surface area (Å²) < 4.78 is 7.25. The lowest BCUT2D eigenvalue weighted by Gasteiger charge is -2.06. The van der Waals surface area contributed by atoms with E-state index >= 15 is 0 Å². The minimum absolute atomic E-state index is 0.848. The number of nitrogens with zero attached hydrogens (tertiary/aromatic N) is 1. The highest BCUT2D eigenvalue weighted by Gasteiger charge is 2.05. The van der Waals surface area contributed by atoms with Gasteiger partial charge in [0.05, 0.1) is 22.6 Å². The number of methoxy groups -OCH3 is 1. The Balaban J connectivity index is 2.13. The Kier molecular flexibility index (Phi) is 5.21. The van der Waals surface area contributed by atoms with Gasteiger partial charge < -0.3 is 4.74 Å². The van der Waals surface area contributed by atoms with Crippen molar-refractivity contribution in [3.05, 3.63) is 56.1 Å². The zero-order valence-corrected chi connectivity index (χ0v) is 14.0. The van der Waals surface area contributed by atoms with E-state index in [9.17, 15) is 0 Å². The molecule has 3 nitrogen and oxygen atoms in total. The van der Waals surface area contributed by atoms with Gasteiger partial charge in [-0.15, -0.1) is 0 Å². The third kappa shape index (κ3) is 3.94. The van der Waals surface area contributed by atoms with Crippen LogP contribution in [0.4, 0.5) is 5.69 Å².